The normalized spacial score (nSPS) is 14.8. The molecule has 0 aliphatic heterocycles. The van der Waals surface area contributed by atoms with Gasteiger partial charge in [0.1, 0.15) is 11.6 Å². The van der Waals surface area contributed by atoms with E-state index in [1.54, 1.807) is 17.8 Å². The lowest BCUT2D eigenvalue weighted by Gasteiger charge is -2.20. The van der Waals surface area contributed by atoms with Gasteiger partial charge in [-0.2, -0.15) is 9.61 Å². The Morgan fingerprint density at radius 2 is 1.87 bits per heavy atom. The van der Waals surface area contributed by atoms with Crippen LogP contribution in [0.5, 0.6) is 0 Å². The first-order valence-corrected chi connectivity index (χ1v) is 11.5. The number of carbonyl (C=O) groups is 1. The Bertz CT molecular complexity index is 1070. The van der Waals surface area contributed by atoms with E-state index in [2.05, 4.69) is 15.5 Å². The molecule has 1 saturated carbocycles. The molecule has 1 fully saturated rings. The summed E-state index contributed by atoms with van der Waals surface area (Å²) >= 11 is 7.60. The van der Waals surface area contributed by atoms with Crippen LogP contribution in [0.1, 0.15) is 37.7 Å². The molecule has 2 heterocycles. The van der Waals surface area contributed by atoms with Crippen LogP contribution in [0.4, 0.5) is 0 Å². The molecule has 1 aliphatic rings. The Labute approximate surface area is 183 Å². The summed E-state index contributed by atoms with van der Waals surface area (Å²) in [4.78, 5) is 24.9. The molecule has 9 heteroatoms. The number of hydrogen-bond acceptors (Lipinski definition) is 5. The summed E-state index contributed by atoms with van der Waals surface area (Å²) in [5.74, 6) is -0.258. The molecule has 30 heavy (non-hydrogen) atoms. The van der Waals surface area contributed by atoms with Crippen LogP contribution in [0.3, 0.4) is 0 Å². The van der Waals surface area contributed by atoms with Gasteiger partial charge in [0.25, 0.3) is 0 Å². The molecule has 158 valence electrons. The standard InChI is InChI=1S/C21H24ClN5O2S/c22-16-8-6-15(7-9-16)12-13-23-19(28)14-26-21(29)27-18(24-26)10-11-20(25-27)30-17-4-2-1-3-5-17/h6-11,17H,1-5,12-14H2,(H,23,28). The molecule has 0 unspecified atom stereocenters. The molecule has 4 rings (SSSR count). The number of nitrogens with zero attached hydrogens (tertiary/aromatic N) is 4. The summed E-state index contributed by atoms with van der Waals surface area (Å²) in [6.45, 7) is 0.344. The number of amides is 1. The Hall–Kier alpha value is -2.32. The van der Waals surface area contributed by atoms with E-state index in [4.69, 9.17) is 11.6 Å². The SMILES string of the molecule is O=C(Cn1nc2ccc(SC3CCCCC3)nn2c1=O)NCCc1ccc(Cl)cc1. The third-order valence-corrected chi connectivity index (χ3v) is 6.71. The topological polar surface area (TPSA) is 81.3 Å². The zero-order valence-electron chi connectivity index (χ0n) is 16.6. The van der Waals surface area contributed by atoms with Gasteiger partial charge in [-0.1, -0.05) is 43.0 Å². The van der Waals surface area contributed by atoms with Crippen LogP contribution >= 0.6 is 23.4 Å². The second kappa shape index (κ2) is 9.66. The number of benzene rings is 1. The highest BCUT2D eigenvalue weighted by Crippen LogP contribution is 2.32. The van der Waals surface area contributed by atoms with E-state index < -0.39 is 5.69 Å². The van der Waals surface area contributed by atoms with Gasteiger partial charge in [-0.15, -0.1) is 16.9 Å². The molecule has 2 aromatic heterocycles. The average Bonchev–Trinajstić information content (AvgIpc) is 3.05. The van der Waals surface area contributed by atoms with Gasteiger partial charge >= 0.3 is 5.69 Å². The van der Waals surface area contributed by atoms with Crippen molar-refractivity contribution in [3.05, 3.63) is 57.5 Å². The van der Waals surface area contributed by atoms with E-state index in [0.717, 1.165) is 15.3 Å². The van der Waals surface area contributed by atoms with Gasteiger partial charge in [-0.05, 0) is 49.1 Å². The summed E-state index contributed by atoms with van der Waals surface area (Å²) in [5.41, 5.74) is 1.13. The molecular weight excluding hydrogens is 422 g/mol. The maximum atomic E-state index is 12.6. The Kier molecular flexibility index (Phi) is 6.74. The lowest BCUT2D eigenvalue weighted by atomic mass is 10.0. The largest absolute Gasteiger partial charge is 0.367 e. The third-order valence-electron chi connectivity index (χ3n) is 5.20. The minimum absolute atomic E-state index is 0.131. The van der Waals surface area contributed by atoms with Gasteiger partial charge in [-0.3, -0.25) is 4.79 Å². The minimum Gasteiger partial charge on any atom is -0.354 e. The first kappa shape index (κ1) is 20.9. The van der Waals surface area contributed by atoms with Gasteiger partial charge in [0.15, 0.2) is 5.65 Å². The van der Waals surface area contributed by atoms with Crippen LogP contribution < -0.4 is 11.0 Å². The fraction of sp³-hybridized carbons (Fsp3) is 0.429. The summed E-state index contributed by atoms with van der Waals surface area (Å²) in [6, 6.07) is 11.2. The number of halogens is 1. The molecule has 3 aromatic rings. The van der Waals surface area contributed by atoms with Crippen LogP contribution in [-0.4, -0.2) is 37.1 Å². The number of aromatic nitrogens is 4. The van der Waals surface area contributed by atoms with Crippen molar-refractivity contribution in [2.75, 3.05) is 6.54 Å². The smallest absolute Gasteiger partial charge is 0.354 e. The summed E-state index contributed by atoms with van der Waals surface area (Å²) in [5, 5.41) is 13.6. The van der Waals surface area contributed by atoms with Crippen molar-refractivity contribution < 1.29 is 4.79 Å². The molecular formula is C21H24ClN5O2S. The summed E-state index contributed by atoms with van der Waals surface area (Å²) in [6.07, 6.45) is 6.88. The van der Waals surface area contributed by atoms with Gasteiger partial charge in [0, 0.05) is 16.8 Å². The van der Waals surface area contributed by atoms with Crippen LogP contribution in [0.2, 0.25) is 5.02 Å². The van der Waals surface area contributed by atoms with Crippen LogP contribution in [0.15, 0.2) is 46.2 Å². The van der Waals surface area contributed by atoms with Crippen molar-refractivity contribution in [3.8, 4) is 0 Å². The number of fused-ring (bicyclic) bond motifs is 1. The molecule has 1 N–H and O–H groups in total. The molecule has 0 bridgehead atoms. The van der Waals surface area contributed by atoms with Crippen molar-refractivity contribution in [1.82, 2.24) is 24.7 Å². The lowest BCUT2D eigenvalue weighted by molar-refractivity contribution is -0.121. The molecule has 1 aliphatic carbocycles. The fourth-order valence-electron chi connectivity index (χ4n) is 3.60. The van der Waals surface area contributed by atoms with E-state index >= 15 is 0 Å². The minimum atomic E-state index is -0.399. The third kappa shape index (κ3) is 5.23. The summed E-state index contributed by atoms with van der Waals surface area (Å²) < 4.78 is 2.45. The predicted octanol–water partition coefficient (Wildman–Crippen LogP) is 3.33. The molecule has 0 saturated heterocycles. The van der Waals surface area contributed by atoms with Crippen LogP contribution in [0.25, 0.3) is 5.65 Å². The van der Waals surface area contributed by atoms with Gasteiger partial charge in [0.05, 0.1) is 0 Å². The summed E-state index contributed by atoms with van der Waals surface area (Å²) in [7, 11) is 0. The van der Waals surface area contributed by atoms with E-state index in [0.29, 0.717) is 28.9 Å². The molecule has 0 spiro atoms. The van der Waals surface area contributed by atoms with Crippen LogP contribution in [0, 0.1) is 0 Å². The number of rotatable bonds is 7. The lowest BCUT2D eigenvalue weighted by Crippen LogP contribution is -2.34. The van der Waals surface area contributed by atoms with E-state index in [1.165, 1.54) is 36.6 Å². The zero-order chi connectivity index (χ0) is 20.9. The van der Waals surface area contributed by atoms with Crippen molar-refractivity contribution in [1.29, 1.82) is 0 Å². The highest BCUT2D eigenvalue weighted by molar-refractivity contribution is 7.99. The number of thioether (sulfide) groups is 1. The predicted molar refractivity (Wildman–Crippen MR) is 118 cm³/mol. The number of carbonyl (C=O) groups excluding carboxylic acids is 1. The highest BCUT2D eigenvalue weighted by atomic mass is 35.5. The Morgan fingerprint density at radius 1 is 1.10 bits per heavy atom. The zero-order valence-corrected chi connectivity index (χ0v) is 18.2. The molecule has 7 nitrogen and oxygen atoms in total. The van der Waals surface area contributed by atoms with E-state index in [1.807, 2.05) is 30.3 Å². The molecule has 0 atom stereocenters. The highest BCUT2D eigenvalue weighted by Gasteiger charge is 2.17. The Morgan fingerprint density at radius 3 is 2.63 bits per heavy atom. The second-order valence-electron chi connectivity index (χ2n) is 7.49. The van der Waals surface area contributed by atoms with E-state index in [-0.39, 0.29) is 12.5 Å². The van der Waals surface area contributed by atoms with Crippen LogP contribution in [-0.2, 0) is 17.8 Å². The first-order chi connectivity index (χ1) is 14.6. The van der Waals surface area contributed by atoms with Crippen molar-refractivity contribution in [2.45, 2.75) is 55.3 Å². The van der Waals surface area contributed by atoms with Gasteiger partial charge in [-0.25, -0.2) is 9.48 Å². The maximum Gasteiger partial charge on any atom is 0.367 e. The van der Waals surface area contributed by atoms with Crippen molar-refractivity contribution in [3.63, 3.8) is 0 Å². The second-order valence-corrected chi connectivity index (χ2v) is 9.24. The molecule has 0 radical (unpaired) electrons. The van der Waals surface area contributed by atoms with E-state index in [9.17, 15) is 9.59 Å². The number of nitrogens with one attached hydrogen (secondary N) is 1. The molecule has 1 aromatic carbocycles. The van der Waals surface area contributed by atoms with Crippen molar-refractivity contribution >= 4 is 34.9 Å². The average molecular weight is 446 g/mol. The monoisotopic (exact) mass is 445 g/mol. The van der Waals surface area contributed by atoms with Gasteiger partial charge < -0.3 is 5.32 Å². The maximum absolute atomic E-state index is 12.6. The number of hydrogen-bond donors (Lipinski definition) is 1. The molecule has 1 amide bonds. The van der Waals surface area contributed by atoms with Gasteiger partial charge in [0.2, 0.25) is 5.91 Å². The fourth-order valence-corrected chi connectivity index (χ4v) is 4.91. The van der Waals surface area contributed by atoms with Crippen molar-refractivity contribution in [2.24, 2.45) is 0 Å². The first-order valence-electron chi connectivity index (χ1n) is 10.2. The quantitative estimate of drug-likeness (QED) is 0.603. The Balaban J connectivity index is 1.36.